The maximum atomic E-state index is 5.96. The van der Waals surface area contributed by atoms with Crippen molar-refractivity contribution in [1.29, 1.82) is 0 Å². The number of benzene rings is 2. The first kappa shape index (κ1) is 13.9. The second kappa shape index (κ2) is 6.13. The molecule has 0 aliphatic rings. The van der Waals surface area contributed by atoms with Crippen LogP contribution in [-0.2, 0) is 0 Å². The molecular weight excluding hydrogens is 276 g/mol. The number of aromatic nitrogens is 2. The van der Waals surface area contributed by atoms with Crippen molar-refractivity contribution in [2.24, 2.45) is 0 Å². The van der Waals surface area contributed by atoms with Gasteiger partial charge in [0.2, 0.25) is 5.95 Å². The fraction of sp³-hybridized carbons (Fsp3) is 0.0588. The highest BCUT2D eigenvalue weighted by Gasteiger charge is 2.09. The van der Waals surface area contributed by atoms with Crippen molar-refractivity contribution >= 4 is 11.6 Å². The van der Waals surface area contributed by atoms with Crippen LogP contribution < -0.4 is 15.8 Å². The normalized spacial score (nSPS) is 10.2. The second-order valence-electron chi connectivity index (χ2n) is 4.68. The van der Waals surface area contributed by atoms with Gasteiger partial charge in [-0.05, 0) is 42.5 Å². The average Bonchev–Trinajstić information content (AvgIpc) is 2.57. The van der Waals surface area contributed by atoms with E-state index in [1.54, 1.807) is 13.2 Å². The molecule has 0 bridgehead atoms. The van der Waals surface area contributed by atoms with Gasteiger partial charge in [0.25, 0.3) is 0 Å². The van der Waals surface area contributed by atoms with Crippen LogP contribution in [-0.4, -0.2) is 17.0 Å². The molecule has 0 spiro atoms. The monoisotopic (exact) mass is 292 g/mol. The fourth-order valence-corrected chi connectivity index (χ4v) is 2.06. The largest absolute Gasteiger partial charge is 0.457 e. The molecule has 5 nitrogen and oxygen atoms in total. The topological polar surface area (TPSA) is 73.1 Å². The molecule has 0 unspecified atom stereocenters. The Bertz CT molecular complexity index is 772. The zero-order valence-electron chi connectivity index (χ0n) is 12.2. The molecule has 2 aromatic carbocycles. The first-order valence-electron chi connectivity index (χ1n) is 6.90. The molecule has 0 radical (unpaired) electrons. The Morgan fingerprint density at radius 2 is 1.77 bits per heavy atom. The summed E-state index contributed by atoms with van der Waals surface area (Å²) >= 11 is 0. The molecule has 0 aliphatic carbocycles. The molecule has 1 aromatic heterocycles. The number of nitrogens with one attached hydrogen (secondary N) is 1. The third kappa shape index (κ3) is 2.98. The van der Waals surface area contributed by atoms with Gasteiger partial charge in [-0.2, -0.15) is 0 Å². The van der Waals surface area contributed by atoms with E-state index in [4.69, 9.17) is 10.5 Å². The summed E-state index contributed by atoms with van der Waals surface area (Å²) in [5.74, 6) is 2.03. The van der Waals surface area contributed by atoms with Gasteiger partial charge in [0.15, 0.2) is 0 Å². The Morgan fingerprint density at radius 1 is 1.00 bits per heavy atom. The van der Waals surface area contributed by atoms with Crippen molar-refractivity contribution < 1.29 is 4.74 Å². The van der Waals surface area contributed by atoms with E-state index in [1.165, 1.54) is 0 Å². The van der Waals surface area contributed by atoms with Crippen molar-refractivity contribution in [2.75, 3.05) is 18.1 Å². The van der Waals surface area contributed by atoms with E-state index in [0.29, 0.717) is 11.6 Å². The van der Waals surface area contributed by atoms with Crippen molar-refractivity contribution in [1.82, 2.24) is 9.97 Å². The number of anilines is 2. The lowest BCUT2D eigenvalue weighted by molar-refractivity contribution is 0.484. The summed E-state index contributed by atoms with van der Waals surface area (Å²) < 4.78 is 5.96. The minimum absolute atomic E-state index is 0.569. The summed E-state index contributed by atoms with van der Waals surface area (Å²) in [6, 6.07) is 16.9. The lowest BCUT2D eigenvalue weighted by Gasteiger charge is -2.11. The smallest absolute Gasteiger partial charge is 0.222 e. The SMILES string of the molecule is CNc1nccc(-c2ccccc2Oc2ccc(N)cc2)n1. The van der Waals surface area contributed by atoms with Crippen LogP contribution in [0.25, 0.3) is 11.3 Å². The third-order valence-corrected chi connectivity index (χ3v) is 3.15. The van der Waals surface area contributed by atoms with Crippen molar-refractivity contribution in [3.05, 3.63) is 60.8 Å². The molecule has 0 saturated carbocycles. The summed E-state index contributed by atoms with van der Waals surface area (Å²) in [7, 11) is 1.79. The van der Waals surface area contributed by atoms with Gasteiger partial charge >= 0.3 is 0 Å². The van der Waals surface area contributed by atoms with E-state index in [2.05, 4.69) is 15.3 Å². The van der Waals surface area contributed by atoms with Crippen LogP contribution in [0.4, 0.5) is 11.6 Å². The Kier molecular flexibility index (Phi) is 3.87. The number of hydrogen-bond acceptors (Lipinski definition) is 5. The molecule has 5 heteroatoms. The number of nitrogen functional groups attached to an aromatic ring is 1. The van der Waals surface area contributed by atoms with E-state index in [0.717, 1.165) is 22.8 Å². The number of rotatable bonds is 4. The third-order valence-electron chi connectivity index (χ3n) is 3.15. The molecule has 1 heterocycles. The number of nitrogens with two attached hydrogens (primary N) is 1. The number of nitrogens with zero attached hydrogens (tertiary/aromatic N) is 2. The second-order valence-corrected chi connectivity index (χ2v) is 4.68. The van der Waals surface area contributed by atoms with Crippen LogP contribution in [0.1, 0.15) is 0 Å². The molecule has 3 rings (SSSR count). The Balaban J connectivity index is 1.97. The van der Waals surface area contributed by atoms with Gasteiger partial charge in [-0.15, -0.1) is 0 Å². The van der Waals surface area contributed by atoms with Gasteiger partial charge in [0.05, 0.1) is 5.69 Å². The van der Waals surface area contributed by atoms with Crippen molar-refractivity contribution in [3.8, 4) is 22.8 Å². The molecule has 0 saturated heterocycles. The van der Waals surface area contributed by atoms with Gasteiger partial charge in [-0.1, -0.05) is 12.1 Å². The maximum absolute atomic E-state index is 5.96. The summed E-state index contributed by atoms with van der Waals surface area (Å²) in [6.07, 6.45) is 1.72. The Morgan fingerprint density at radius 3 is 2.55 bits per heavy atom. The van der Waals surface area contributed by atoms with E-state index in [1.807, 2.05) is 54.6 Å². The van der Waals surface area contributed by atoms with Crippen LogP contribution in [0, 0.1) is 0 Å². The van der Waals surface area contributed by atoms with Crippen LogP contribution in [0.15, 0.2) is 60.8 Å². The number of para-hydroxylation sites is 1. The standard InChI is InChI=1S/C17H16N4O/c1-19-17-20-11-10-15(21-17)14-4-2-3-5-16(14)22-13-8-6-12(18)7-9-13/h2-11H,18H2,1H3,(H,19,20,21). The molecule has 110 valence electrons. The lowest BCUT2D eigenvalue weighted by Crippen LogP contribution is -1.97. The van der Waals surface area contributed by atoms with Crippen LogP contribution in [0.3, 0.4) is 0 Å². The highest BCUT2D eigenvalue weighted by atomic mass is 16.5. The predicted molar refractivity (Wildman–Crippen MR) is 87.9 cm³/mol. The zero-order chi connectivity index (χ0) is 15.4. The fourth-order valence-electron chi connectivity index (χ4n) is 2.06. The maximum Gasteiger partial charge on any atom is 0.222 e. The summed E-state index contributed by atoms with van der Waals surface area (Å²) in [5, 5.41) is 2.94. The van der Waals surface area contributed by atoms with Gasteiger partial charge in [-0.3, -0.25) is 0 Å². The quantitative estimate of drug-likeness (QED) is 0.719. The summed E-state index contributed by atoms with van der Waals surface area (Å²) in [4.78, 5) is 8.59. The van der Waals surface area contributed by atoms with Crippen molar-refractivity contribution in [3.63, 3.8) is 0 Å². The Labute approximate surface area is 128 Å². The van der Waals surface area contributed by atoms with E-state index >= 15 is 0 Å². The zero-order valence-corrected chi connectivity index (χ0v) is 12.2. The Hall–Kier alpha value is -3.08. The minimum Gasteiger partial charge on any atom is -0.457 e. The molecule has 0 aliphatic heterocycles. The molecule has 0 atom stereocenters. The minimum atomic E-state index is 0.569. The average molecular weight is 292 g/mol. The van der Waals surface area contributed by atoms with Gasteiger partial charge in [0, 0.05) is 24.5 Å². The molecule has 3 N–H and O–H groups in total. The van der Waals surface area contributed by atoms with Crippen LogP contribution >= 0.6 is 0 Å². The van der Waals surface area contributed by atoms with Gasteiger partial charge < -0.3 is 15.8 Å². The first-order valence-corrected chi connectivity index (χ1v) is 6.90. The van der Waals surface area contributed by atoms with E-state index < -0.39 is 0 Å². The van der Waals surface area contributed by atoms with Gasteiger partial charge in [0.1, 0.15) is 11.5 Å². The molecule has 0 fully saturated rings. The molecule has 0 amide bonds. The molecular formula is C17H16N4O. The summed E-state index contributed by atoms with van der Waals surface area (Å²) in [6.45, 7) is 0. The molecule has 3 aromatic rings. The number of hydrogen-bond donors (Lipinski definition) is 2. The first-order chi connectivity index (χ1) is 10.8. The molecule has 22 heavy (non-hydrogen) atoms. The van der Waals surface area contributed by atoms with Crippen molar-refractivity contribution in [2.45, 2.75) is 0 Å². The summed E-state index contributed by atoms with van der Waals surface area (Å²) in [5.41, 5.74) is 8.10. The van der Waals surface area contributed by atoms with Crippen LogP contribution in [0.5, 0.6) is 11.5 Å². The highest BCUT2D eigenvalue weighted by Crippen LogP contribution is 2.32. The highest BCUT2D eigenvalue weighted by molar-refractivity contribution is 5.68. The van der Waals surface area contributed by atoms with E-state index in [9.17, 15) is 0 Å². The van der Waals surface area contributed by atoms with Crippen LogP contribution in [0.2, 0.25) is 0 Å². The lowest BCUT2D eigenvalue weighted by atomic mass is 10.1. The van der Waals surface area contributed by atoms with Gasteiger partial charge in [-0.25, -0.2) is 9.97 Å². The number of ether oxygens (including phenoxy) is 1. The van der Waals surface area contributed by atoms with E-state index in [-0.39, 0.29) is 0 Å². The predicted octanol–water partition coefficient (Wildman–Crippen LogP) is 3.56.